The van der Waals surface area contributed by atoms with E-state index >= 15 is 0 Å². The lowest BCUT2D eigenvalue weighted by Crippen LogP contribution is -2.27. The van der Waals surface area contributed by atoms with Gasteiger partial charge in [-0.25, -0.2) is 0 Å². The highest BCUT2D eigenvalue weighted by atomic mass is 79.9. The maximum absolute atomic E-state index is 12.3. The zero-order valence-corrected chi connectivity index (χ0v) is 14.3. The summed E-state index contributed by atoms with van der Waals surface area (Å²) in [6.45, 7) is 1.89. The molecule has 6 heteroatoms. The molecule has 0 aliphatic heterocycles. The average Bonchev–Trinajstić information content (AvgIpc) is 2.43. The Labute approximate surface area is 141 Å². The van der Waals surface area contributed by atoms with Gasteiger partial charge in [-0.15, -0.1) is 0 Å². The van der Waals surface area contributed by atoms with Crippen LogP contribution >= 0.6 is 39.1 Å². The predicted octanol–water partition coefficient (Wildman–Crippen LogP) is 4.83. The van der Waals surface area contributed by atoms with Crippen LogP contribution in [0.2, 0.25) is 10.0 Å². The number of carbonyl (C=O) groups is 1. The van der Waals surface area contributed by atoms with Crippen molar-refractivity contribution in [1.82, 2.24) is 5.32 Å². The van der Waals surface area contributed by atoms with E-state index in [0.29, 0.717) is 5.69 Å². The van der Waals surface area contributed by atoms with Gasteiger partial charge in [-0.3, -0.25) is 4.79 Å². The lowest BCUT2D eigenvalue weighted by molar-refractivity contribution is 0.0940. The smallest absolute Gasteiger partial charge is 0.253 e. The number of hydrogen-bond acceptors (Lipinski definition) is 2. The maximum Gasteiger partial charge on any atom is 0.253 e. The van der Waals surface area contributed by atoms with Crippen molar-refractivity contribution in [3.63, 3.8) is 0 Å². The Morgan fingerprint density at radius 3 is 2.48 bits per heavy atom. The van der Waals surface area contributed by atoms with E-state index in [9.17, 15) is 4.79 Å². The minimum atomic E-state index is -0.315. The van der Waals surface area contributed by atoms with E-state index in [0.717, 1.165) is 10.0 Å². The van der Waals surface area contributed by atoms with E-state index in [4.69, 9.17) is 28.9 Å². The summed E-state index contributed by atoms with van der Waals surface area (Å²) in [5, 5.41) is 3.34. The summed E-state index contributed by atoms with van der Waals surface area (Å²) in [4.78, 5) is 12.3. The quantitative estimate of drug-likeness (QED) is 0.741. The van der Waals surface area contributed by atoms with Gasteiger partial charge in [-0.05, 0) is 36.8 Å². The molecule has 0 radical (unpaired) electrons. The largest absolute Gasteiger partial charge is 0.399 e. The van der Waals surface area contributed by atoms with Crippen molar-refractivity contribution in [2.75, 3.05) is 5.73 Å². The van der Waals surface area contributed by atoms with Crippen molar-refractivity contribution in [2.45, 2.75) is 13.0 Å². The van der Waals surface area contributed by atoms with Gasteiger partial charge in [0.15, 0.2) is 0 Å². The molecule has 2 aromatic rings. The van der Waals surface area contributed by atoms with Crippen LogP contribution in [0.1, 0.15) is 28.9 Å². The molecule has 0 heterocycles. The minimum Gasteiger partial charge on any atom is -0.399 e. The summed E-state index contributed by atoms with van der Waals surface area (Å²) < 4.78 is 0.982. The van der Waals surface area contributed by atoms with Crippen LogP contribution in [0.4, 0.5) is 5.69 Å². The van der Waals surface area contributed by atoms with Crippen molar-refractivity contribution >= 4 is 50.7 Å². The highest BCUT2D eigenvalue weighted by Gasteiger charge is 2.16. The van der Waals surface area contributed by atoms with E-state index in [1.54, 1.807) is 0 Å². The number of nitrogen functional groups attached to an aromatic ring is 1. The number of amides is 1. The topological polar surface area (TPSA) is 55.1 Å². The average molecular weight is 388 g/mol. The molecule has 0 bridgehead atoms. The Kier molecular flexibility index (Phi) is 5.14. The fourth-order valence-electron chi connectivity index (χ4n) is 1.88. The Hall–Kier alpha value is -1.23. The third-order valence-electron chi connectivity index (χ3n) is 3.01. The molecular formula is C15H13BrCl2N2O. The first-order valence-electron chi connectivity index (χ1n) is 6.19. The van der Waals surface area contributed by atoms with E-state index in [1.807, 2.05) is 31.2 Å². The van der Waals surface area contributed by atoms with Crippen LogP contribution in [0.5, 0.6) is 0 Å². The molecule has 0 saturated heterocycles. The molecule has 0 unspecified atom stereocenters. The second-order valence-corrected chi connectivity index (χ2v) is 6.31. The van der Waals surface area contributed by atoms with Gasteiger partial charge in [0.05, 0.1) is 21.7 Å². The van der Waals surface area contributed by atoms with Gasteiger partial charge in [-0.1, -0.05) is 51.3 Å². The number of nitrogens with one attached hydrogen (secondary N) is 1. The standard InChI is InChI=1S/C15H13BrCl2N2O/c1-8(9-2-4-10(16)5-3-9)20-15(21)12-6-11(19)7-13(17)14(12)18/h2-8H,19H2,1H3,(H,20,21)/t8-/m0/s1. The Balaban J connectivity index is 2.20. The molecule has 110 valence electrons. The number of rotatable bonds is 3. The van der Waals surface area contributed by atoms with Gasteiger partial charge in [0.2, 0.25) is 0 Å². The van der Waals surface area contributed by atoms with Gasteiger partial charge < -0.3 is 11.1 Å². The molecule has 1 atom stereocenters. The lowest BCUT2D eigenvalue weighted by atomic mass is 10.1. The number of anilines is 1. The third kappa shape index (κ3) is 3.90. The molecular weight excluding hydrogens is 375 g/mol. The SMILES string of the molecule is C[C@H](NC(=O)c1cc(N)cc(Cl)c1Cl)c1ccc(Br)cc1. The van der Waals surface area contributed by atoms with Crippen LogP contribution in [0, 0.1) is 0 Å². The second kappa shape index (κ2) is 6.69. The molecule has 21 heavy (non-hydrogen) atoms. The Morgan fingerprint density at radius 1 is 1.24 bits per heavy atom. The zero-order valence-electron chi connectivity index (χ0n) is 11.2. The van der Waals surface area contributed by atoms with Gasteiger partial charge in [0.25, 0.3) is 5.91 Å². The molecule has 3 N–H and O–H groups in total. The third-order valence-corrected chi connectivity index (χ3v) is 4.34. The van der Waals surface area contributed by atoms with Gasteiger partial charge in [0, 0.05) is 10.2 Å². The molecule has 3 nitrogen and oxygen atoms in total. The monoisotopic (exact) mass is 386 g/mol. The van der Waals surface area contributed by atoms with E-state index in [-0.39, 0.29) is 27.6 Å². The molecule has 1 amide bonds. The normalized spacial score (nSPS) is 12.0. The first kappa shape index (κ1) is 16.1. The number of carbonyl (C=O) groups excluding carboxylic acids is 1. The summed E-state index contributed by atoms with van der Waals surface area (Å²) in [6, 6.07) is 10.6. The highest BCUT2D eigenvalue weighted by molar-refractivity contribution is 9.10. The van der Waals surface area contributed by atoms with Crippen LogP contribution in [0.15, 0.2) is 40.9 Å². The molecule has 0 fully saturated rings. The summed E-state index contributed by atoms with van der Waals surface area (Å²) in [5.41, 5.74) is 7.34. The fraction of sp³-hybridized carbons (Fsp3) is 0.133. The molecule has 0 aromatic heterocycles. The van der Waals surface area contributed by atoms with Crippen LogP contribution in [-0.2, 0) is 0 Å². The number of hydrogen-bond donors (Lipinski definition) is 2. The zero-order chi connectivity index (χ0) is 15.6. The van der Waals surface area contributed by atoms with Gasteiger partial charge in [-0.2, -0.15) is 0 Å². The summed E-state index contributed by atoms with van der Waals surface area (Å²) in [5.74, 6) is -0.315. The van der Waals surface area contributed by atoms with Crippen LogP contribution in [0.25, 0.3) is 0 Å². The second-order valence-electron chi connectivity index (χ2n) is 4.61. The summed E-state index contributed by atoms with van der Waals surface area (Å²) >= 11 is 15.4. The first-order chi connectivity index (χ1) is 9.88. The minimum absolute atomic E-state index is 0.165. The molecule has 0 spiro atoms. The lowest BCUT2D eigenvalue weighted by Gasteiger charge is -2.15. The van der Waals surface area contributed by atoms with Crippen molar-refractivity contribution in [2.24, 2.45) is 0 Å². The maximum atomic E-state index is 12.3. The van der Waals surface area contributed by atoms with Crippen molar-refractivity contribution in [3.8, 4) is 0 Å². The van der Waals surface area contributed by atoms with E-state index in [1.165, 1.54) is 12.1 Å². The van der Waals surface area contributed by atoms with Crippen molar-refractivity contribution in [1.29, 1.82) is 0 Å². The van der Waals surface area contributed by atoms with Crippen LogP contribution < -0.4 is 11.1 Å². The van der Waals surface area contributed by atoms with E-state index < -0.39 is 0 Å². The fourth-order valence-corrected chi connectivity index (χ4v) is 2.57. The summed E-state index contributed by atoms with van der Waals surface area (Å²) in [7, 11) is 0. The van der Waals surface area contributed by atoms with Gasteiger partial charge >= 0.3 is 0 Å². The summed E-state index contributed by atoms with van der Waals surface area (Å²) in [6.07, 6.45) is 0. The van der Waals surface area contributed by atoms with Gasteiger partial charge in [0.1, 0.15) is 0 Å². The Morgan fingerprint density at radius 2 is 1.86 bits per heavy atom. The number of nitrogens with two attached hydrogens (primary N) is 1. The number of benzene rings is 2. The van der Waals surface area contributed by atoms with Crippen molar-refractivity contribution in [3.05, 3.63) is 62.0 Å². The highest BCUT2D eigenvalue weighted by Crippen LogP contribution is 2.29. The molecule has 2 rings (SSSR count). The predicted molar refractivity (Wildman–Crippen MR) is 90.9 cm³/mol. The molecule has 2 aromatic carbocycles. The molecule has 0 saturated carbocycles. The first-order valence-corrected chi connectivity index (χ1v) is 7.74. The number of halogens is 3. The van der Waals surface area contributed by atoms with Crippen LogP contribution in [-0.4, -0.2) is 5.91 Å². The van der Waals surface area contributed by atoms with Crippen molar-refractivity contribution < 1.29 is 4.79 Å². The molecule has 0 aliphatic carbocycles. The van der Waals surface area contributed by atoms with Crippen LogP contribution in [0.3, 0.4) is 0 Å². The van der Waals surface area contributed by atoms with E-state index in [2.05, 4.69) is 21.2 Å². The Bertz CT molecular complexity index is 674. The molecule has 0 aliphatic rings.